The van der Waals surface area contributed by atoms with Crippen LogP contribution in [-0.4, -0.2) is 26.2 Å². The Balaban J connectivity index is 1.67. The molecule has 1 saturated carbocycles. The second-order valence-electron chi connectivity index (χ2n) is 7.32. The Labute approximate surface area is 113 Å². The van der Waals surface area contributed by atoms with Gasteiger partial charge in [-0.1, -0.05) is 27.7 Å². The lowest BCUT2D eigenvalue weighted by molar-refractivity contribution is 0.267. The Morgan fingerprint density at radius 2 is 1.72 bits per heavy atom. The zero-order valence-electron chi connectivity index (χ0n) is 12.8. The Kier molecular flexibility index (Phi) is 4.71. The second-order valence-corrected chi connectivity index (χ2v) is 7.32. The average Bonchev–Trinajstić information content (AvgIpc) is 2.97. The highest BCUT2D eigenvalue weighted by Crippen LogP contribution is 2.58. The third-order valence-electron chi connectivity index (χ3n) is 5.44. The summed E-state index contributed by atoms with van der Waals surface area (Å²) < 4.78 is 0. The van der Waals surface area contributed by atoms with Gasteiger partial charge in [0.1, 0.15) is 0 Å². The lowest BCUT2D eigenvalue weighted by Gasteiger charge is -2.26. The van der Waals surface area contributed by atoms with Gasteiger partial charge in [-0.15, -0.1) is 0 Å². The molecule has 0 radical (unpaired) electrons. The first kappa shape index (κ1) is 14.3. The summed E-state index contributed by atoms with van der Waals surface area (Å²) in [5, 5.41) is 7.25. The molecule has 2 rings (SSSR count). The van der Waals surface area contributed by atoms with Crippen molar-refractivity contribution < 1.29 is 0 Å². The normalized spacial score (nSPS) is 26.5. The predicted molar refractivity (Wildman–Crippen MR) is 78.7 cm³/mol. The Bertz CT molecular complexity index is 246. The molecule has 0 aromatic heterocycles. The van der Waals surface area contributed by atoms with E-state index in [0.717, 1.165) is 29.1 Å². The number of nitrogens with one attached hydrogen (secondary N) is 2. The van der Waals surface area contributed by atoms with Crippen molar-refractivity contribution in [1.82, 2.24) is 10.6 Å². The van der Waals surface area contributed by atoms with Crippen LogP contribution in [0.3, 0.4) is 0 Å². The topological polar surface area (TPSA) is 24.1 Å². The van der Waals surface area contributed by atoms with E-state index in [2.05, 4.69) is 38.3 Å². The van der Waals surface area contributed by atoms with E-state index in [0.29, 0.717) is 0 Å². The van der Waals surface area contributed by atoms with E-state index in [4.69, 9.17) is 0 Å². The summed E-state index contributed by atoms with van der Waals surface area (Å²) in [4.78, 5) is 0. The summed E-state index contributed by atoms with van der Waals surface area (Å²) in [5.74, 6) is 3.39. The molecule has 1 spiro atoms. The first-order valence-electron chi connectivity index (χ1n) is 7.96. The number of rotatable bonds is 6. The van der Waals surface area contributed by atoms with E-state index in [1.54, 1.807) is 0 Å². The quantitative estimate of drug-likeness (QED) is 0.759. The van der Waals surface area contributed by atoms with Crippen LogP contribution in [-0.2, 0) is 0 Å². The molecular formula is C16H32N2. The van der Waals surface area contributed by atoms with Crippen LogP contribution >= 0.6 is 0 Å². The molecule has 1 unspecified atom stereocenters. The summed E-state index contributed by atoms with van der Waals surface area (Å²) in [7, 11) is 0. The summed E-state index contributed by atoms with van der Waals surface area (Å²) in [6.07, 6.45) is 4.31. The Hall–Kier alpha value is -0.0800. The summed E-state index contributed by atoms with van der Waals surface area (Å²) in [6, 6.07) is 0. The maximum absolute atomic E-state index is 3.76. The maximum Gasteiger partial charge on any atom is -0.00149 e. The molecule has 2 fully saturated rings. The van der Waals surface area contributed by atoms with Crippen LogP contribution in [0.4, 0.5) is 0 Å². The standard InChI is InChI=1S/C16H32N2/c1-12(2)15(13(3)4)11-18-10-14-9-16(14)5-7-17-8-6-16/h12-15,17-18H,5-11H2,1-4H3. The third-order valence-corrected chi connectivity index (χ3v) is 5.44. The molecule has 1 aliphatic carbocycles. The van der Waals surface area contributed by atoms with Crippen LogP contribution in [0, 0.1) is 29.1 Å². The van der Waals surface area contributed by atoms with Crippen molar-refractivity contribution in [2.45, 2.75) is 47.0 Å². The fourth-order valence-corrected chi connectivity index (χ4v) is 3.92. The van der Waals surface area contributed by atoms with Gasteiger partial charge in [-0.3, -0.25) is 0 Å². The zero-order chi connectivity index (χ0) is 13.2. The first-order valence-corrected chi connectivity index (χ1v) is 7.96. The van der Waals surface area contributed by atoms with Gasteiger partial charge in [-0.2, -0.15) is 0 Å². The molecule has 2 heteroatoms. The molecular weight excluding hydrogens is 220 g/mol. The van der Waals surface area contributed by atoms with E-state index in [1.165, 1.54) is 45.4 Å². The molecule has 0 aromatic carbocycles. The van der Waals surface area contributed by atoms with Crippen LogP contribution in [0.15, 0.2) is 0 Å². The SMILES string of the molecule is CC(C)C(CNCC1CC12CCNCC2)C(C)C. The van der Waals surface area contributed by atoms with Gasteiger partial charge >= 0.3 is 0 Å². The Morgan fingerprint density at radius 3 is 2.28 bits per heavy atom. The van der Waals surface area contributed by atoms with E-state index in [-0.39, 0.29) is 0 Å². The minimum absolute atomic E-state index is 0.739. The number of hydrogen-bond donors (Lipinski definition) is 2. The minimum Gasteiger partial charge on any atom is -0.317 e. The van der Waals surface area contributed by atoms with Gasteiger partial charge < -0.3 is 10.6 Å². The van der Waals surface area contributed by atoms with E-state index in [9.17, 15) is 0 Å². The van der Waals surface area contributed by atoms with Gasteiger partial charge in [0.05, 0.1) is 0 Å². The molecule has 2 N–H and O–H groups in total. The molecule has 1 saturated heterocycles. The largest absolute Gasteiger partial charge is 0.317 e. The molecule has 18 heavy (non-hydrogen) atoms. The minimum atomic E-state index is 0.739. The van der Waals surface area contributed by atoms with Crippen molar-refractivity contribution in [3.05, 3.63) is 0 Å². The Morgan fingerprint density at radius 1 is 1.11 bits per heavy atom. The fraction of sp³-hybridized carbons (Fsp3) is 1.00. The van der Waals surface area contributed by atoms with Gasteiger partial charge in [-0.25, -0.2) is 0 Å². The highest BCUT2D eigenvalue weighted by Gasteiger charge is 2.53. The zero-order valence-corrected chi connectivity index (χ0v) is 12.8. The van der Waals surface area contributed by atoms with Crippen molar-refractivity contribution in [3.63, 3.8) is 0 Å². The third kappa shape index (κ3) is 3.27. The van der Waals surface area contributed by atoms with E-state index >= 15 is 0 Å². The smallest absolute Gasteiger partial charge is 0.00149 e. The van der Waals surface area contributed by atoms with Crippen molar-refractivity contribution in [2.75, 3.05) is 26.2 Å². The predicted octanol–water partition coefficient (Wildman–Crippen LogP) is 2.89. The van der Waals surface area contributed by atoms with Gasteiger partial charge in [0.2, 0.25) is 0 Å². The highest BCUT2D eigenvalue weighted by atomic mass is 14.9. The summed E-state index contributed by atoms with van der Waals surface area (Å²) in [6.45, 7) is 14.4. The summed E-state index contributed by atoms with van der Waals surface area (Å²) >= 11 is 0. The average molecular weight is 252 g/mol. The van der Waals surface area contributed by atoms with Crippen molar-refractivity contribution in [1.29, 1.82) is 0 Å². The van der Waals surface area contributed by atoms with Gasteiger partial charge in [-0.05, 0) is 74.5 Å². The van der Waals surface area contributed by atoms with Crippen LogP contribution in [0.25, 0.3) is 0 Å². The number of piperidine rings is 1. The van der Waals surface area contributed by atoms with Gasteiger partial charge in [0.15, 0.2) is 0 Å². The molecule has 0 bridgehead atoms. The van der Waals surface area contributed by atoms with Crippen molar-refractivity contribution >= 4 is 0 Å². The second kappa shape index (κ2) is 5.92. The lowest BCUT2D eigenvalue weighted by Crippen LogP contribution is -2.34. The van der Waals surface area contributed by atoms with E-state index < -0.39 is 0 Å². The van der Waals surface area contributed by atoms with Gasteiger partial charge in [0, 0.05) is 0 Å². The first-order chi connectivity index (χ1) is 8.55. The lowest BCUT2D eigenvalue weighted by atomic mass is 9.85. The molecule has 106 valence electrons. The molecule has 1 heterocycles. The van der Waals surface area contributed by atoms with E-state index in [1.807, 2.05) is 0 Å². The molecule has 0 amide bonds. The monoisotopic (exact) mass is 252 g/mol. The van der Waals surface area contributed by atoms with Crippen molar-refractivity contribution in [2.24, 2.45) is 29.1 Å². The number of hydrogen-bond acceptors (Lipinski definition) is 2. The van der Waals surface area contributed by atoms with Crippen LogP contribution in [0.1, 0.15) is 47.0 Å². The van der Waals surface area contributed by atoms with Crippen LogP contribution < -0.4 is 10.6 Å². The summed E-state index contributed by atoms with van der Waals surface area (Å²) in [5.41, 5.74) is 0.739. The molecule has 1 aliphatic heterocycles. The van der Waals surface area contributed by atoms with Crippen LogP contribution in [0.2, 0.25) is 0 Å². The highest BCUT2D eigenvalue weighted by molar-refractivity contribution is 5.05. The molecule has 2 aliphatic rings. The van der Waals surface area contributed by atoms with Crippen LogP contribution in [0.5, 0.6) is 0 Å². The maximum atomic E-state index is 3.76. The van der Waals surface area contributed by atoms with Gasteiger partial charge in [0.25, 0.3) is 0 Å². The fourth-order valence-electron chi connectivity index (χ4n) is 3.92. The molecule has 2 nitrogen and oxygen atoms in total. The molecule has 0 aromatic rings. The van der Waals surface area contributed by atoms with Crippen molar-refractivity contribution in [3.8, 4) is 0 Å². The molecule has 1 atom stereocenters.